The van der Waals surface area contributed by atoms with Crippen LogP contribution in [0.3, 0.4) is 0 Å². The van der Waals surface area contributed by atoms with Crippen molar-refractivity contribution >= 4 is 32.4 Å². The van der Waals surface area contributed by atoms with E-state index in [0.717, 1.165) is 15.8 Å². The van der Waals surface area contributed by atoms with Crippen molar-refractivity contribution in [3.63, 3.8) is 0 Å². The highest BCUT2D eigenvalue weighted by Crippen LogP contribution is 2.37. The molecule has 2 rings (SSSR count). The maximum atomic E-state index is 12.4. The van der Waals surface area contributed by atoms with Gasteiger partial charge in [-0.05, 0) is 25.4 Å². The van der Waals surface area contributed by atoms with Gasteiger partial charge in [-0.2, -0.15) is 4.37 Å². The average molecular weight is 320 g/mol. The number of nitrogens with zero attached hydrogens (tertiary/aromatic N) is 3. The summed E-state index contributed by atoms with van der Waals surface area (Å²) in [5.74, 6) is 0.0606. The van der Waals surface area contributed by atoms with E-state index in [1.807, 2.05) is 18.7 Å². The molecule has 114 valence electrons. The van der Waals surface area contributed by atoms with Crippen LogP contribution in [0.2, 0.25) is 0 Å². The predicted octanol–water partition coefficient (Wildman–Crippen LogP) is 0.589. The van der Waals surface area contributed by atoms with Gasteiger partial charge in [0.05, 0.1) is 12.2 Å². The van der Waals surface area contributed by atoms with Crippen LogP contribution in [0.15, 0.2) is 4.90 Å². The number of anilines is 2. The Morgan fingerprint density at radius 2 is 1.90 bits per heavy atom. The van der Waals surface area contributed by atoms with Crippen molar-refractivity contribution in [2.75, 3.05) is 37.8 Å². The molecular weight excluding hydrogens is 300 g/mol. The van der Waals surface area contributed by atoms with Crippen LogP contribution in [0.4, 0.5) is 10.8 Å². The van der Waals surface area contributed by atoms with Crippen molar-refractivity contribution in [2.45, 2.75) is 31.0 Å². The van der Waals surface area contributed by atoms with E-state index >= 15 is 0 Å². The van der Waals surface area contributed by atoms with Gasteiger partial charge < -0.3 is 15.4 Å². The smallest absolute Gasteiger partial charge is 0.249 e. The van der Waals surface area contributed by atoms with Crippen molar-refractivity contribution in [1.29, 1.82) is 0 Å². The second kappa shape index (κ2) is 5.47. The Bertz CT molecular complexity index is 574. The number of rotatable bonds is 3. The summed E-state index contributed by atoms with van der Waals surface area (Å²) in [5.41, 5.74) is 5.78. The summed E-state index contributed by atoms with van der Waals surface area (Å²) in [7, 11) is -0.632. The third-order valence-electron chi connectivity index (χ3n) is 3.10. The fraction of sp³-hybridized carbons (Fsp3) is 0.727. The Balaban J connectivity index is 2.44. The summed E-state index contributed by atoms with van der Waals surface area (Å²) in [6.07, 6.45) is 0.0777. The molecule has 1 aliphatic heterocycles. The third kappa shape index (κ3) is 2.76. The van der Waals surface area contributed by atoms with Gasteiger partial charge in [0.2, 0.25) is 10.0 Å². The zero-order valence-corrected chi connectivity index (χ0v) is 13.7. The lowest BCUT2D eigenvalue weighted by Gasteiger charge is -2.36. The van der Waals surface area contributed by atoms with E-state index in [2.05, 4.69) is 4.37 Å². The quantitative estimate of drug-likeness (QED) is 0.877. The molecule has 0 aliphatic carbocycles. The van der Waals surface area contributed by atoms with E-state index < -0.39 is 10.0 Å². The van der Waals surface area contributed by atoms with Gasteiger partial charge in [0.15, 0.2) is 10.7 Å². The molecule has 0 radical (unpaired) electrons. The van der Waals surface area contributed by atoms with Gasteiger partial charge in [0.1, 0.15) is 5.00 Å². The molecule has 1 aliphatic rings. The van der Waals surface area contributed by atoms with E-state index in [4.69, 9.17) is 10.5 Å². The molecule has 0 aromatic carbocycles. The molecule has 1 aromatic heterocycles. The lowest BCUT2D eigenvalue weighted by atomic mass is 10.2. The first-order valence-corrected chi connectivity index (χ1v) is 8.53. The molecular formula is C11H20N4O3S2. The van der Waals surface area contributed by atoms with Gasteiger partial charge >= 0.3 is 0 Å². The van der Waals surface area contributed by atoms with Gasteiger partial charge in [0.25, 0.3) is 0 Å². The van der Waals surface area contributed by atoms with Crippen molar-refractivity contribution in [2.24, 2.45) is 0 Å². The average Bonchev–Trinajstić information content (AvgIpc) is 2.70. The van der Waals surface area contributed by atoms with Crippen molar-refractivity contribution in [3.8, 4) is 0 Å². The minimum atomic E-state index is -3.61. The van der Waals surface area contributed by atoms with Crippen molar-refractivity contribution in [3.05, 3.63) is 0 Å². The Hall–Kier alpha value is -0.900. The highest BCUT2D eigenvalue weighted by Gasteiger charge is 2.33. The number of sulfonamides is 1. The lowest BCUT2D eigenvalue weighted by molar-refractivity contribution is -0.00515. The number of hydrogen-bond acceptors (Lipinski definition) is 7. The molecule has 2 unspecified atom stereocenters. The van der Waals surface area contributed by atoms with Gasteiger partial charge in [-0.15, -0.1) is 0 Å². The predicted molar refractivity (Wildman–Crippen MR) is 79.6 cm³/mol. The Kier molecular flexibility index (Phi) is 4.24. The first-order valence-electron chi connectivity index (χ1n) is 6.31. The number of aromatic nitrogens is 1. The third-order valence-corrected chi connectivity index (χ3v) is 6.04. The van der Waals surface area contributed by atoms with Crippen LogP contribution < -0.4 is 10.6 Å². The minimum Gasteiger partial charge on any atom is -0.382 e. The molecule has 0 saturated carbocycles. The maximum absolute atomic E-state index is 12.4. The standard InChI is InChI=1S/C11H20N4O3S2/c1-7-5-15(6-8(2)18-7)11-9(10(12)13-19-11)20(16,17)14(3)4/h7-8H,5-6H2,1-4H3,(H2,12,13). The van der Waals surface area contributed by atoms with Gasteiger partial charge in [-0.1, -0.05) is 0 Å². The largest absolute Gasteiger partial charge is 0.382 e. The number of nitrogens with two attached hydrogens (primary N) is 1. The molecule has 1 saturated heterocycles. The van der Waals surface area contributed by atoms with Gasteiger partial charge in [-0.25, -0.2) is 12.7 Å². The molecule has 20 heavy (non-hydrogen) atoms. The Morgan fingerprint density at radius 1 is 1.35 bits per heavy atom. The molecule has 7 nitrogen and oxygen atoms in total. The van der Waals surface area contributed by atoms with E-state index in [9.17, 15) is 8.42 Å². The van der Waals surface area contributed by atoms with E-state index in [1.54, 1.807) is 0 Å². The van der Waals surface area contributed by atoms with Crippen molar-refractivity contribution < 1.29 is 13.2 Å². The van der Waals surface area contributed by atoms with Crippen LogP contribution in [0.5, 0.6) is 0 Å². The lowest BCUT2D eigenvalue weighted by Crippen LogP contribution is -2.45. The van der Waals surface area contributed by atoms with E-state index in [0.29, 0.717) is 18.1 Å². The second-order valence-corrected chi connectivity index (χ2v) is 7.99. The van der Waals surface area contributed by atoms with Crippen LogP contribution in [0.1, 0.15) is 13.8 Å². The number of nitrogen functional groups attached to an aromatic ring is 1. The van der Waals surface area contributed by atoms with Crippen LogP contribution in [0.25, 0.3) is 0 Å². The van der Waals surface area contributed by atoms with E-state index in [-0.39, 0.29) is 22.9 Å². The monoisotopic (exact) mass is 320 g/mol. The number of ether oxygens (including phenoxy) is 1. The van der Waals surface area contributed by atoms with Crippen LogP contribution in [-0.2, 0) is 14.8 Å². The molecule has 2 heterocycles. The molecule has 0 bridgehead atoms. The summed E-state index contributed by atoms with van der Waals surface area (Å²) >= 11 is 1.12. The topological polar surface area (TPSA) is 88.8 Å². The maximum Gasteiger partial charge on any atom is 0.249 e. The molecule has 2 N–H and O–H groups in total. The number of hydrogen-bond donors (Lipinski definition) is 1. The van der Waals surface area contributed by atoms with Crippen LogP contribution >= 0.6 is 11.5 Å². The van der Waals surface area contributed by atoms with Crippen LogP contribution in [0, 0.1) is 0 Å². The normalized spacial score (nSPS) is 24.4. The summed E-state index contributed by atoms with van der Waals surface area (Å²) in [6.45, 7) is 5.18. The first kappa shape index (κ1) is 15.5. The molecule has 1 fully saturated rings. The highest BCUT2D eigenvalue weighted by atomic mass is 32.2. The SMILES string of the molecule is CC1CN(c2snc(N)c2S(=O)(=O)N(C)C)CC(C)O1. The summed E-state index contributed by atoms with van der Waals surface area (Å²) < 4.78 is 35.6. The zero-order valence-electron chi connectivity index (χ0n) is 12.0. The van der Waals surface area contributed by atoms with Gasteiger partial charge in [0, 0.05) is 27.2 Å². The first-order chi connectivity index (χ1) is 9.23. The summed E-state index contributed by atoms with van der Waals surface area (Å²) in [4.78, 5) is 2.09. The second-order valence-electron chi connectivity index (χ2n) is 5.15. The van der Waals surface area contributed by atoms with Gasteiger partial charge in [-0.3, -0.25) is 0 Å². The summed E-state index contributed by atoms with van der Waals surface area (Å²) in [6, 6.07) is 0. The fourth-order valence-electron chi connectivity index (χ4n) is 2.25. The molecule has 9 heteroatoms. The number of morpholine rings is 1. The highest BCUT2D eigenvalue weighted by molar-refractivity contribution is 7.89. The zero-order chi connectivity index (χ0) is 15.1. The van der Waals surface area contributed by atoms with Crippen molar-refractivity contribution in [1.82, 2.24) is 8.68 Å². The Morgan fingerprint density at radius 3 is 2.40 bits per heavy atom. The molecule has 1 aromatic rings. The molecule has 0 amide bonds. The Labute approximate surface area is 123 Å². The molecule has 0 spiro atoms. The minimum absolute atomic E-state index is 0.0389. The summed E-state index contributed by atoms with van der Waals surface area (Å²) in [5, 5.41) is 0.596. The fourth-order valence-corrected chi connectivity index (χ4v) is 4.49. The molecule has 2 atom stereocenters. The van der Waals surface area contributed by atoms with Crippen LogP contribution in [-0.4, -0.2) is 56.5 Å². The van der Waals surface area contributed by atoms with E-state index in [1.165, 1.54) is 14.1 Å².